The van der Waals surface area contributed by atoms with Crippen LogP contribution in [-0.4, -0.2) is 31.1 Å². The molecule has 0 saturated carbocycles. The summed E-state index contributed by atoms with van der Waals surface area (Å²) in [6.45, 7) is 8.02. The van der Waals surface area contributed by atoms with Crippen LogP contribution in [0.5, 0.6) is 5.75 Å². The third-order valence-corrected chi connectivity index (χ3v) is 2.90. The van der Waals surface area contributed by atoms with Crippen LogP contribution in [0.4, 0.5) is 5.69 Å². The van der Waals surface area contributed by atoms with E-state index in [-0.39, 0.29) is 0 Å². The van der Waals surface area contributed by atoms with E-state index in [4.69, 9.17) is 15.7 Å². The number of hydrogen-bond donors (Lipinski definition) is 1. The molecule has 0 amide bonds. The number of nitrogen functional groups attached to an aromatic ring is 1. The second kappa shape index (κ2) is 7.57. The number of hydrogen-bond acceptors (Lipinski definition) is 4. The average Bonchev–Trinajstić information content (AvgIpc) is 2.39. The Morgan fingerprint density at radius 3 is 2.67 bits per heavy atom. The first kappa shape index (κ1) is 14.3. The highest BCUT2D eigenvalue weighted by Crippen LogP contribution is 2.21. The number of benzene rings is 1. The predicted molar refractivity (Wildman–Crippen MR) is 73.5 cm³/mol. The van der Waals surface area contributed by atoms with Crippen molar-refractivity contribution in [3.63, 3.8) is 0 Å². The van der Waals surface area contributed by atoms with E-state index in [0.717, 1.165) is 26.1 Å². The highest BCUT2D eigenvalue weighted by atomic mass is 16.5. The van der Waals surface area contributed by atoms with Gasteiger partial charge < -0.3 is 15.4 Å². The maximum atomic E-state index is 8.95. The minimum atomic E-state index is 0.534. The fourth-order valence-electron chi connectivity index (χ4n) is 1.76. The van der Waals surface area contributed by atoms with Crippen LogP contribution in [0, 0.1) is 11.3 Å². The molecule has 0 atom stereocenters. The van der Waals surface area contributed by atoms with Crippen molar-refractivity contribution in [1.82, 2.24) is 4.90 Å². The summed E-state index contributed by atoms with van der Waals surface area (Å²) in [6, 6.07) is 7.21. The molecule has 0 bridgehead atoms. The van der Waals surface area contributed by atoms with Crippen molar-refractivity contribution >= 4 is 5.69 Å². The van der Waals surface area contributed by atoms with Crippen LogP contribution in [0.1, 0.15) is 25.8 Å². The molecular formula is C14H21N3O. The zero-order valence-corrected chi connectivity index (χ0v) is 11.1. The number of nitrogens with two attached hydrogens (primary N) is 1. The predicted octanol–water partition coefficient (Wildman–Crippen LogP) is 2.25. The van der Waals surface area contributed by atoms with Gasteiger partial charge in [0.05, 0.1) is 12.2 Å². The minimum Gasteiger partial charge on any atom is -0.492 e. The van der Waals surface area contributed by atoms with Gasteiger partial charge in [0, 0.05) is 18.3 Å². The molecule has 4 nitrogen and oxygen atoms in total. The molecule has 0 aliphatic carbocycles. The van der Waals surface area contributed by atoms with Crippen molar-refractivity contribution in [2.45, 2.75) is 20.3 Å². The lowest BCUT2D eigenvalue weighted by Crippen LogP contribution is -2.25. The summed E-state index contributed by atoms with van der Waals surface area (Å²) in [5.74, 6) is 0.581. The summed E-state index contributed by atoms with van der Waals surface area (Å²) in [4.78, 5) is 2.34. The number of anilines is 1. The number of ether oxygens (including phenoxy) is 1. The summed E-state index contributed by atoms with van der Waals surface area (Å²) in [7, 11) is 0. The van der Waals surface area contributed by atoms with E-state index >= 15 is 0 Å². The third kappa shape index (κ3) is 4.27. The molecule has 0 heterocycles. The lowest BCUT2D eigenvalue weighted by atomic mass is 10.2. The summed E-state index contributed by atoms with van der Waals surface area (Å²) >= 11 is 0. The van der Waals surface area contributed by atoms with Gasteiger partial charge in [-0.15, -0.1) is 0 Å². The largest absolute Gasteiger partial charge is 0.492 e. The van der Waals surface area contributed by atoms with Gasteiger partial charge in [-0.25, -0.2) is 0 Å². The Kier molecular flexibility index (Phi) is 6.03. The number of nitriles is 1. The van der Waals surface area contributed by atoms with Crippen molar-refractivity contribution in [2.24, 2.45) is 0 Å². The molecule has 0 radical (unpaired) electrons. The first-order valence-electron chi connectivity index (χ1n) is 6.36. The summed E-state index contributed by atoms with van der Waals surface area (Å²) in [5.41, 5.74) is 6.83. The van der Waals surface area contributed by atoms with Crippen LogP contribution in [0.2, 0.25) is 0 Å². The molecule has 0 aliphatic rings. The SMILES string of the molecule is CCN(CC)CCCOc1cc(N)ccc1C#N. The standard InChI is InChI=1S/C14H21N3O/c1-3-17(4-2)8-5-9-18-14-10-13(16)7-6-12(14)11-15/h6-7,10H,3-5,8-9,16H2,1-2H3. The van der Waals surface area contributed by atoms with Crippen molar-refractivity contribution in [3.05, 3.63) is 23.8 Å². The van der Waals surface area contributed by atoms with E-state index in [1.165, 1.54) is 0 Å². The topological polar surface area (TPSA) is 62.3 Å². The maximum absolute atomic E-state index is 8.95. The smallest absolute Gasteiger partial charge is 0.139 e. The lowest BCUT2D eigenvalue weighted by Gasteiger charge is -2.17. The first-order chi connectivity index (χ1) is 8.71. The fourth-order valence-corrected chi connectivity index (χ4v) is 1.76. The Hall–Kier alpha value is -1.73. The van der Waals surface area contributed by atoms with Gasteiger partial charge in [0.1, 0.15) is 11.8 Å². The quantitative estimate of drug-likeness (QED) is 0.593. The fraction of sp³-hybridized carbons (Fsp3) is 0.500. The average molecular weight is 247 g/mol. The number of nitrogens with zero attached hydrogens (tertiary/aromatic N) is 2. The molecule has 1 aromatic rings. The molecule has 98 valence electrons. The van der Waals surface area contributed by atoms with Gasteiger partial charge in [0.25, 0.3) is 0 Å². The molecule has 4 heteroatoms. The van der Waals surface area contributed by atoms with Crippen LogP contribution >= 0.6 is 0 Å². The van der Waals surface area contributed by atoms with Crippen LogP contribution in [0.3, 0.4) is 0 Å². The van der Waals surface area contributed by atoms with Crippen molar-refractivity contribution < 1.29 is 4.74 Å². The van der Waals surface area contributed by atoms with Gasteiger partial charge in [-0.05, 0) is 31.6 Å². The normalized spacial score (nSPS) is 10.3. The summed E-state index contributed by atoms with van der Waals surface area (Å²) in [5, 5.41) is 8.95. The molecule has 0 aliphatic heterocycles. The van der Waals surface area contributed by atoms with Gasteiger partial charge in [0.2, 0.25) is 0 Å². The zero-order chi connectivity index (χ0) is 13.4. The van der Waals surface area contributed by atoms with E-state index in [1.807, 2.05) is 0 Å². The van der Waals surface area contributed by atoms with Crippen LogP contribution in [0.25, 0.3) is 0 Å². The van der Waals surface area contributed by atoms with Gasteiger partial charge in [-0.3, -0.25) is 0 Å². The van der Waals surface area contributed by atoms with E-state index < -0.39 is 0 Å². The molecule has 18 heavy (non-hydrogen) atoms. The molecule has 0 aromatic heterocycles. The maximum Gasteiger partial charge on any atom is 0.139 e. The lowest BCUT2D eigenvalue weighted by molar-refractivity contribution is 0.249. The molecule has 0 saturated heterocycles. The van der Waals surface area contributed by atoms with Crippen molar-refractivity contribution in [3.8, 4) is 11.8 Å². The second-order valence-corrected chi connectivity index (χ2v) is 4.10. The van der Waals surface area contributed by atoms with E-state index in [2.05, 4.69) is 24.8 Å². The number of rotatable bonds is 7. The summed E-state index contributed by atoms with van der Waals surface area (Å²) in [6.07, 6.45) is 0.946. The van der Waals surface area contributed by atoms with Crippen molar-refractivity contribution in [2.75, 3.05) is 32.0 Å². The zero-order valence-electron chi connectivity index (χ0n) is 11.1. The van der Waals surface area contributed by atoms with E-state index in [0.29, 0.717) is 23.6 Å². The Labute approximate surface area is 109 Å². The molecule has 2 N–H and O–H groups in total. The summed E-state index contributed by atoms with van der Waals surface area (Å²) < 4.78 is 5.62. The second-order valence-electron chi connectivity index (χ2n) is 4.10. The van der Waals surface area contributed by atoms with Crippen LogP contribution in [0.15, 0.2) is 18.2 Å². The molecule has 1 aromatic carbocycles. The third-order valence-electron chi connectivity index (χ3n) is 2.90. The molecule has 1 rings (SSSR count). The first-order valence-corrected chi connectivity index (χ1v) is 6.36. The minimum absolute atomic E-state index is 0.534. The Bertz CT molecular complexity index is 408. The van der Waals surface area contributed by atoms with Gasteiger partial charge in [-0.2, -0.15) is 5.26 Å². The van der Waals surface area contributed by atoms with E-state index in [1.54, 1.807) is 18.2 Å². The molecule has 0 spiro atoms. The Morgan fingerprint density at radius 1 is 1.33 bits per heavy atom. The van der Waals surface area contributed by atoms with Crippen LogP contribution in [-0.2, 0) is 0 Å². The Morgan fingerprint density at radius 2 is 2.06 bits per heavy atom. The van der Waals surface area contributed by atoms with Crippen molar-refractivity contribution in [1.29, 1.82) is 5.26 Å². The highest BCUT2D eigenvalue weighted by Gasteiger charge is 2.04. The monoisotopic (exact) mass is 247 g/mol. The molecular weight excluding hydrogens is 226 g/mol. The van der Waals surface area contributed by atoms with Gasteiger partial charge in [0.15, 0.2) is 0 Å². The van der Waals surface area contributed by atoms with Gasteiger partial charge in [-0.1, -0.05) is 13.8 Å². The molecule has 0 fully saturated rings. The van der Waals surface area contributed by atoms with E-state index in [9.17, 15) is 0 Å². The highest BCUT2D eigenvalue weighted by molar-refractivity contribution is 5.52. The Balaban J connectivity index is 2.44. The van der Waals surface area contributed by atoms with Crippen LogP contribution < -0.4 is 10.5 Å². The molecule has 0 unspecified atom stereocenters. The van der Waals surface area contributed by atoms with Gasteiger partial charge >= 0.3 is 0 Å².